The van der Waals surface area contributed by atoms with Crippen molar-refractivity contribution in [1.29, 1.82) is 0 Å². The summed E-state index contributed by atoms with van der Waals surface area (Å²) in [5.41, 5.74) is 0.675. The summed E-state index contributed by atoms with van der Waals surface area (Å²) in [7, 11) is 9.73. The van der Waals surface area contributed by atoms with Crippen LogP contribution in [0.1, 0.15) is 19.3 Å². The molecule has 0 amide bonds. The Balaban J connectivity index is 0.000000217. The van der Waals surface area contributed by atoms with Gasteiger partial charge in [-0.25, -0.2) is 0 Å². The molecule has 0 spiro atoms. The second-order valence-electron chi connectivity index (χ2n) is 4.86. The van der Waals surface area contributed by atoms with Gasteiger partial charge in [0.2, 0.25) is 0 Å². The van der Waals surface area contributed by atoms with E-state index in [9.17, 15) is 0 Å². The molecule has 12 heavy (non-hydrogen) atoms. The number of hydrogen-bond acceptors (Lipinski definition) is 1. The van der Waals surface area contributed by atoms with E-state index in [2.05, 4.69) is 28.2 Å². The van der Waals surface area contributed by atoms with E-state index in [0.29, 0.717) is 5.73 Å². The van der Waals surface area contributed by atoms with Crippen LogP contribution in [-0.4, -0.2) is 55.3 Å². The SMILES string of the molecule is C[N+](C)(C)C.[SiH3]C1CCCCO1. The molecule has 0 N–H and O–H groups in total. The van der Waals surface area contributed by atoms with Crippen LogP contribution in [0.3, 0.4) is 0 Å². The maximum absolute atomic E-state index is 5.34. The molecule has 1 heterocycles. The van der Waals surface area contributed by atoms with Crippen LogP contribution >= 0.6 is 0 Å². The lowest BCUT2D eigenvalue weighted by Gasteiger charge is -2.17. The van der Waals surface area contributed by atoms with Crippen LogP contribution in [0.15, 0.2) is 0 Å². The second kappa shape index (κ2) is 5.73. The first kappa shape index (κ1) is 12.1. The van der Waals surface area contributed by atoms with Crippen molar-refractivity contribution >= 4 is 10.2 Å². The second-order valence-corrected chi connectivity index (χ2v) is 6.15. The van der Waals surface area contributed by atoms with E-state index in [-0.39, 0.29) is 0 Å². The lowest BCUT2D eigenvalue weighted by molar-refractivity contribution is -0.849. The van der Waals surface area contributed by atoms with Crippen LogP contribution in [0.25, 0.3) is 0 Å². The van der Waals surface area contributed by atoms with E-state index in [1.807, 2.05) is 0 Å². The number of ether oxygens (including phenoxy) is 1. The summed E-state index contributed by atoms with van der Waals surface area (Å²) in [4.78, 5) is 0. The number of hydrogen-bond donors (Lipinski definition) is 0. The van der Waals surface area contributed by atoms with Crippen molar-refractivity contribution < 1.29 is 9.22 Å². The largest absolute Gasteiger partial charge is 0.383 e. The first-order valence-electron chi connectivity index (χ1n) is 4.80. The van der Waals surface area contributed by atoms with Crippen molar-refractivity contribution in [3.8, 4) is 0 Å². The Morgan fingerprint density at radius 3 is 1.83 bits per heavy atom. The molecule has 1 unspecified atom stereocenters. The molecule has 2 nitrogen and oxygen atoms in total. The molecule has 3 heteroatoms. The van der Waals surface area contributed by atoms with E-state index in [4.69, 9.17) is 4.74 Å². The topological polar surface area (TPSA) is 9.23 Å². The molecule has 0 aliphatic carbocycles. The van der Waals surface area contributed by atoms with Crippen molar-refractivity contribution in [2.75, 3.05) is 34.8 Å². The minimum Gasteiger partial charge on any atom is -0.383 e. The smallest absolute Gasteiger partial charge is 0.0675 e. The van der Waals surface area contributed by atoms with Gasteiger partial charge >= 0.3 is 0 Å². The predicted octanol–water partition coefficient (Wildman–Crippen LogP) is 0.201. The minimum absolute atomic E-state index is 0.675. The van der Waals surface area contributed by atoms with Gasteiger partial charge in [0.25, 0.3) is 0 Å². The van der Waals surface area contributed by atoms with Crippen LogP contribution in [-0.2, 0) is 4.74 Å². The summed E-state index contributed by atoms with van der Waals surface area (Å²) in [5, 5.41) is 0. The monoisotopic (exact) mass is 190 g/mol. The van der Waals surface area contributed by atoms with Crippen LogP contribution < -0.4 is 0 Å². The van der Waals surface area contributed by atoms with Gasteiger partial charge in [-0.05, 0) is 19.3 Å². The number of quaternary nitrogens is 1. The van der Waals surface area contributed by atoms with Crippen LogP contribution in [0.5, 0.6) is 0 Å². The quantitative estimate of drug-likeness (QED) is 0.392. The fourth-order valence-electron chi connectivity index (χ4n) is 0.902. The molecule has 1 aliphatic rings. The molecular weight excluding hydrogens is 166 g/mol. The Morgan fingerprint density at radius 2 is 1.67 bits per heavy atom. The maximum atomic E-state index is 5.34. The lowest BCUT2D eigenvalue weighted by atomic mass is 10.2. The highest BCUT2D eigenvalue weighted by atomic mass is 28.1. The molecule has 0 aromatic carbocycles. The van der Waals surface area contributed by atoms with E-state index in [1.54, 1.807) is 0 Å². The molecule has 0 aromatic rings. The van der Waals surface area contributed by atoms with E-state index >= 15 is 0 Å². The summed E-state index contributed by atoms with van der Waals surface area (Å²) in [6.07, 6.45) is 4.01. The molecule has 1 atom stereocenters. The van der Waals surface area contributed by atoms with Gasteiger partial charge in [-0.3, -0.25) is 0 Å². The van der Waals surface area contributed by atoms with E-state index in [1.165, 1.54) is 29.5 Å². The third-order valence-corrected chi connectivity index (χ3v) is 2.32. The molecule has 74 valence electrons. The Bertz CT molecular complexity index is 99.6. The average Bonchev–Trinajstić information content (AvgIpc) is 1.85. The maximum Gasteiger partial charge on any atom is 0.0675 e. The molecule has 1 rings (SSSR count). The Morgan fingerprint density at radius 1 is 1.17 bits per heavy atom. The highest BCUT2D eigenvalue weighted by Crippen LogP contribution is 2.08. The van der Waals surface area contributed by atoms with Crippen molar-refractivity contribution in [3.05, 3.63) is 0 Å². The lowest BCUT2D eigenvalue weighted by Crippen LogP contribution is -2.27. The first-order valence-corrected chi connectivity index (χ1v) is 5.95. The molecular formula is C9H24NOSi+. The van der Waals surface area contributed by atoms with Gasteiger partial charge in [-0.15, -0.1) is 0 Å². The highest BCUT2D eigenvalue weighted by Gasteiger charge is 2.05. The normalized spacial score (nSPS) is 24.5. The molecule has 1 saturated heterocycles. The Hall–Kier alpha value is 0.137. The standard InChI is InChI=1S/C5H12OSi.C4H12N/c7-5-3-1-2-4-6-5;1-5(2,3)4/h5H,1-4H2,7H3;1-4H3/q;+1. The summed E-state index contributed by atoms with van der Waals surface area (Å²) in [6, 6.07) is 0. The zero-order valence-electron chi connectivity index (χ0n) is 9.26. The summed E-state index contributed by atoms with van der Waals surface area (Å²) in [5.74, 6) is 0. The van der Waals surface area contributed by atoms with Gasteiger partial charge in [-0.1, -0.05) is 0 Å². The van der Waals surface area contributed by atoms with Gasteiger partial charge in [0.15, 0.2) is 0 Å². The van der Waals surface area contributed by atoms with E-state index < -0.39 is 0 Å². The summed E-state index contributed by atoms with van der Waals surface area (Å²) >= 11 is 0. The number of rotatable bonds is 0. The third kappa shape index (κ3) is 12.8. The summed E-state index contributed by atoms with van der Waals surface area (Å²) in [6.45, 7) is 1.02. The summed E-state index contributed by atoms with van der Waals surface area (Å²) < 4.78 is 6.34. The average molecular weight is 190 g/mol. The van der Waals surface area contributed by atoms with Crippen molar-refractivity contribution in [3.63, 3.8) is 0 Å². The van der Waals surface area contributed by atoms with Gasteiger partial charge < -0.3 is 9.22 Å². The van der Waals surface area contributed by atoms with Crippen LogP contribution in [0, 0.1) is 0 Å². The van der Waals surface area contributed by atoms with Crippen LogP contribution in [0.2, 0.25) is 0 Å². The van der Waals surface area contributed by atoms with Gasteiger partial charge in [0.1, 0.15) is 0 Å². The van der Waals surface area contributed by atoms with Crippen molar-refractivity contribution in [2.45, 2.75) is 25.0 Å². The van der Waals surface area contributed by atoms with Gasteiger partial charge in [-0.2, -0.15) is 0 Å². The molecule has 0 aromatic heterocycles. The first-order chi connectivity index (χ1) is 5.39. The third-order valence-electron chi connectivity index (χ3n) is 1.41. The molecule has 0 radical (unpaired) electrons. The molecule has 0 bridgehead atoms. The van der Waals surface area contributed by atoms with Gasteiger partial charge in [0.05, 0.1) is 28.2 Å². The van der Waals surface area contributed by atoms with Crippen molar-refractivity contribution in [2.24, 2.45) is 0 Å². The van der Waals surface area contributed by atoms with E-state index in [0.717, 1.165) is 11.1 Å². The fourth-order valence-corrected chi connectivity index (χ4v) is 1.55. The Kier molecular flexibility index (Phi) is 5.79. The fraction of sp³-hybridized carbons (Fsp3) is 1.00. The predicted molar refractivity (Wildman–Crippen MR) is 57.5 cm³/mol. The Labute approximate surface area is 79.9 Å². The van der Waals surface area contributed by atoms with Crippen LogP contribution in [0.4, 0.5) is 0 Å². The zero-order valence-corrected chi connectivity index (χ0v) is 11.3. The molecule has 1 fully saturated rings. The molecule has 0 saturated carbocycles. The zero-order chi connectivity index (χ0) is 9.61. The molecule has 1 aliphatic heterocycles. The number of nitrogens with zero attached hydrogens (tertiary/aromatic N) is 1. The highest BCUT2D eigenvalue weighted by molar-refractivity contribution is 6.10. The minimum atomic E-state index is 0.675. The van der Waals surface area contributed by atoms with Gasteiger partial charge in [0, 0.05) is 22.6 Å². The van der Waals surface area contributed by atoms with Crippen molar-refractivity contribution in [1.82, 2.24) is 0 Å².